The van der Waals surface area contributed by atoms with Gasteiger partial charge in [-0.2, -0.15) is 0 Å². The van der Waals surface area contributed by atoms with Gasteiger partial charge in [0.1, 0.15) is 5.75 Å². The van der Waals surface area contributed by atoms with Crippen molar-refractivity contribution in [2.75, 3.05) is 18.6 Å². The van der Waals surface area contributed by atoms with Gasteiger partial charge in [0.25, 0.3) is 5.91 Å². The molecule has 7 heteroatoms. The summed E-state index contributed by atoms with van der Waals surface area (Å²) in [6.45, 7) is 4.68. The predicted molar refractivity (Wildman–Crippen MR) is 103 cm³/mol. The molecule has 1 aromatic carbocycles. The first kappa shape index (κ1) is 18.0. The second-order valence-electron chi connectivity index (χ2n) is 6.17. The number of hydrogen-bond acceptors (Lipinski definition) is 6. The van der Waals surface area contributed by atoms with Crippen LogP contribution < -0.4 is 9.64 Å². The third-order valence-corrected chi connectivity index (χ3v) is 4.66. The standard InChI is InChI=1S/C19H20N4O2S/c1-13(2)12-23(18(24)14-6-4-8-16(10-14)25-3)19-22-21-17(26-19)15-7-5-9-20-11-15/h4-11,13H,12H2,1-3H3. The molecule has 0 spiro atoms. The highest BCUT2D eigenvalue weighted by Gasteiger charge is 2.23. The number of carbonyl (C=O) groups excluding carboxylic acids is 1. The summed E-state index contributed by atoms with van der Waals surface area (Å²) >= 11 is 1.38. The second-order valence-corrected chi connectivity index (χ2v) is 7.13. The number of rotatable bonds is 6. The Labute approximate surface area is 156 Å². The highest BCUT2D eigenvalue weighted by atomic mass is 32.1. The predicted octanol–water partition coefficient (Wildman–Crippen LogP) is 3.91. The summed E-state index contributed by atoms with van der Waals surface area (Å²) in [7, 11) is 1.58. The molecular weight excluding hydrogens is 348 g/mol. The van der Waals surface area contributed by atoms with Crippen LogP contribution in [0.1, 0.15) is 24.2 Å². The molecule has 26 heavy (non-hydrogen) atoms. The number of carbonyl (C=O) groups is 1. The van der Waals surface area contributed by atoms with E-state index in [0.29, 0.717) is 23.0 Å². The van der Waals surface area contributed by atoms with E-state index in [1.54, 1.807) is 42.6 Å². The molecule has 3 aromatic rings. The molecule has 0 bridgehead atoms. The molecule has 1 amide bonds. The van der Waals surface area contributed by atoms with Crippen molar-refractivity contribution in [3.8, 4) is 16.3 Å². The maximum atomic E-state index is 13.1. The van der Waals surface area contributed by atoms with Crippen LogP contribution in [0, 0.1) is 5.92 Å². The first-order valence-electron chi connectivity index (χ1n) is 8.28. The molecule has 0 N–H and O–H groups in total. The van der Waals surface area contributed by atoms with E-state index in [1.165, 1.54) is 11.3 Å². The van der Waals surface area contributed by atoms with Crippen LogP contribution in [0.4, 0.5) is 5.13 Å². The maximum Gasteiger partial charge on any atom is 0.260 e. The molecule has 6 nitrogen and oxygen atoms in total. The Balaban J connectivity index is 1.93. The fourth-order valence-electron chi connectivity index (χ4n) is 2.46. The Bertz CT molecular complexity index is 880. The fraction of sp³-hybridized carbons (Fsp3) is 0.263. The van der Waals surface area contributed by atoms with Crippen molar-refractivity contribution in [3.63, 3.8) is 0 Å². The third kappa shape index (κ3) is 4.05. The lowest BCUT2D eigenvalue weighted by Crippen LogP contribution is -2.34. The maximum absolute atomic E-state index is 13.1. The molecule has 0 saturated heterocycles. The summed E-state index contributed by atoms with van der Waals surface area (Å²) in [4.78, 5) is 18.9. The molecule has 0 fully saturated rings. The van der Waals surface area contributed by atoms with Gasteiger partial charge in [0, 0.05) is 30.1 Å². The SMILES string of the molecule is COc1cccc(C(=O)N(CC(C)C)c2nnc(-c3cccnc3)s2)c1. The first-order chi connectivity index (χ1) is 12.6. The highest BCUT2D eigenvalue weighted by molar-refractivity contribution is 7.18. The molecule has 2 aromatic heterocycles. The summed E-state index contributed by atoms with van der Waals surface area (Å²) in [5.41, 5.74) is 1.44. The number of nitrogens with zero attached hydrogens (tertiary/aromatic N) is 4. The van der Waals surface area contributed by atoms with Crippen molar-refractivity contribution in [2.45, 2.75) is 13.8 Å². The molecule has 0 atom stereocenters. The third-order valence-electron chi connectivity index (χ3n) is 3.66. The molecule has 2 heterocycles. The zero-order valence-electron chi connectivity index (χ0n) is 14.9. The molecule has 0 aliphatic heterocycles. The summed E-state index contributed by atoms with van der Waals surface area (Å²) in [6, 6.07) is 10.9. The van der Waals surface area contributed by atoms with Gasteiger partial charge in [0.15, 0.2) is 5.01 Å². The summed E-state index contributed by atoms with van der Waals surface area (Å²) in [5.74, 6) is 0.815. The first-order valence-corrected chi connectivity index (χ1v) is 9.10. The minimum absolute atomic E-state index is 0.119. The zero-order valence-corrected chi connectivity index (χ0v) is 15.7. The van der Waals surface area contributed by atoms with Crippen molar-refractivity contribution >= 4 is 22.4 Å². The van der Waals surface area contributed by atoms with Crippen LogP contribution in [0.15, 0.2) is 48.8 Å². The van der Waals surface area contributed by atoms with E-state index in [9.17, 15) is 4.79 Å². The van der Waals surface area contributed by atoms with Crippen LogP contribution in [-0.2, 0) is 0 Å². The van der Waals surface area contributed by atoms with Gasteiger partial charge in [-0.15, -0.1) is 10.2 Å². The zero-order chi connectivity index (χ0) is 18.5. The lowest BCUT2D eigenvalue weighted by Gasteiger charge is -2.21. The van der Waals surface area contributed by atoms with Crippen LogP contribution in [-0.4, -0.2) is 34.7 Å². The van der Waals surface area contributed by atoms with Crippen LogP contribution >= 0.6 is 11.3 Å². The topological polar surface area (TPSA) is 68.2 Å². The van der Waals surface area contributed by atoms with Crippen LogP contribution in [0.5, 0.6) is 5.75 Å². The normalized spacial score (nSPS) is 10.8. The second kappa shape index (κ2) is 8.05. The van der Waals surface area contributed by atoms with Gasteiger partial charge in [0.05, 0.1) is 7.11 Å². The van der Waals surface area contributed by atoms with E-state index in [2.05, 4.69) is 29.0 Å². The van der Waals surface area contributed by atoms with Gasteiger partial charge in [-0.05, 0) is 36.2 Å². The van der Waals surface area contributed by atoms with Gasteiger partial charge < -0.3 is 4.74 Å². The van der Waals surface area contributed by atoms with E-state index < -0.39 is 0 Å². The van der Waals surface area contributed by atoms with Crippen LogP contribution in [0.3, 0.4) is 0 Å². The van der Waals surface area contributed by atoms with Gasteiger partial charge in [-0.3, -0.25) is 14.7 Å². The van der Waals surface area contributed by atoms with E-state index in [4.69, 9.17) is 4.74 Å². The molecule has 0 radical (unpaired) electrons. The molecule has 134 valence electrons. The number of benzene rings is 1. The minimum Gasteiger partial charge on any atom is -0.497 e. The average molecular weight is 368 g/mol. The van der Waals surface area contributed by atoms with Crippen molar-refractivity contribution in [3.05, 3.63) is 54.4 Å². The molecule has 0 aliphatic rings. The largest absolute Gasteiger partial charge is 0.497 e. The van der Waals surface area contributed by atoms with Crippen molar-refractivity contribution in [1.29, 1.82) is 0 Å². The van der Waals surface area contributed by atoms with Gasteiger partial charge in [0.2, 0.25) is 5.13 Å². The Morgan fingerprint density at radius 1 is 1.23 bits per heavy atom. The van der Waals surface area contributed by atoms with Crippen molar-refractivity contribution < 1.29 is 9.53 Å². The lowest BCUT2D eigenvalue weighted by atomic mass is 10.1. The number of amides is 1. The van der Waals surface area contributed by atoms with E-state index in [0.717, 1.165) is 10.6 Å². The summed E-state index contributed by atoms with van der Waals surface area (Å²) in [6.07, 6.45) is 3.45. The highest BCUT2D eigenvalue weighted by Crippen LogP contribution is 2.30. The van der Waals surface area contributed by atoms with Gasteiger partial charge in [-0.1, -0.05) is 31.3 Å². The lowest BCUT2D eigenvalue weighted by molar-refractivity contribution is 0.0983. The molecule has 0 unspecified atom stereocenters. The monoisotopic (exact) mass is 368 g/mol. The number of methoxy groups -OCH3 is 1. The molecular formula is C19H20N4O2S. The number of aromatic nitrogens is 3. The Hall–Kier alpha value is -2.80. The Morgan fingerprint density at radius 2 is 2.08 bits per heavy atom. The van der Waals surface area contributed by atoms with Crippen LogP contribution in [0.2, 0.25) is 0 Å². The summed E-state index contributed by atoms with van der Waals surface area (Å²) in [5, 5.41) is 9.79. The number of hydrogen-bond donors (Lipinski definition) is 0. The quantitative estimate of drug-likeness (QED) is 0.660. The average Bonchev–Trinajstić information content (AvgIpc) is 3.16. The molecule has 0 saturated carbocycles. The van der Waals surface area contributed by atoms with E-state index in [1.807, 2.05) is 18.2 Å². The van der Waals surface area contributed by atoms with Crippen molar-refractivity contribution in [1.82, 2.24) is 15.2 Å². The van der Waals surface area contributed by atoms with Gasteiger partial charge >= 0.3 is 0 Å². The Morgan fingerprint density at radius 3 is 2.77 bits per heavy atom. The summed E-state index contributed by atoms with van der Waals surface area (Å²) < 4.78 is 5.23. The van der Waals surface area contributed by atoms with E-state index in [-0.39, 0.29) is 11.8 Å². The smallest absolute Gasteiger partial charge is 0.260 e. The number of ether oxygens (including phenoxy) is 1. The van der Waals surface area contributed by atoms with Crippen LogP contribution in [0.25, 0.3) is 10.6 Å². The molecule has 3 rings (SSSR count). The molecule has 0 aliphatic carbocycles. The number of anilines is 1. The van der Waals surface area contributed by atoms with Crippen molar-refractivity contribution in [2.24, 2.45) is 5.92 Å². The van der Waals surface area contributed by atoms with E-state index >= 15 is 0 Å². The number of pyridine rings is 1. The minimum atomic E-state index is -0.119. The van der Waals surface area contributed by atoms with Gasteiger partial charge in [-0.25, -0.2) is 0 Å². The fourth-order valence-corrected chi connectivity index (χ4v) is 3.30. The Kier molecular flexibility index (Phi) is 5.58.